The van der Waals surface area contributed by atoms with Crippen LogP contribution in [0.1, 0.15) is 71.6 Å². The Balaban J connectivity index is 1.36. The van der Waals surface area contributed by atoms with Gasteiger partial charge in [0.2, 0.25) is 5.91 Å². The second-order valence-electron chi connectivity index (χ2n) is 14.3. The fourth-order valence-electron chi connectivity index (χ4n) is 9.69. The average Bonchev–Trinajstić information content (AvgIpc) is 2.98. The number of carbonyl (C=O) groups excluding carboxylic acids is 2. The summed E-state index contributed by atoms with van der Waals surface area (Å²) in [6.07, 6.45) is 5.72. The van der Waals surface area contributed by atoms with E-state index in [4.69, 9.17) is 0 Å². The van der Waals surface area contributed by atoms with Gasteiger partial charge in [0, 0.05) is 49.1 Å². The Morgan fingerprint density at radius 2 is 1.74 bits per heavy atom. The Kier molecular flexibility index (Phi) is 9.13. The van der Waals surface area contributed by atoms with E-state index in [0.717, 1.165) is 58.0 Å². The highest BCUT2D eigenvalue weighted by Crippen LogP contribution is 2.44. The molecule has 0 aromatic heterocycles. The van der Waals surface area contributed by atoms with Gasteiger partial charge in [-0.25, -0.2) is 13.6 Å². The first-order valence-corrected chi connectivity index (χ1v) is 16.8. The monoisotopic (exact) mass is 590 g/mol. The third-order valence-electron chi connectivity index (χ3n) is 11.7. The summed E-state index contributed by atoms with van der Waals surface area (Å²) in [4.78, 5) is 30.4. The van der Waals surface area contributed by atoms with Gasteiger partial charge in [0.05, 0.1) is 12.2 Å². The standard InChI is InChI=1S/C32H52F2N6O2/c1-4-25(41)39-15-11-19(12-16-39)28-21-17-23(34)29-26-22(33)8-5-9-24(26)35-13-6-7-20-10-14-36-27(18(2)3)30(20)40(31(21)37-29)32(42)38-28/h4,18-24,26-31,35-37H,1,5-17H2,2-3H3,(H,38,42). The number of hydrogen-bond donors (Lipinski definition) is 4. The quantitative estimate of drug-likeness (QED) is 0.379. The van der Waals surface area contributed by atoms with Gasteiger partial charge >= 0.3 is 6.03 Å². The largest absolute Gasteiger partial charge is 0.339 e. The summed E-state index contributed by atoms with van der Waals surface area (Å²) in [6, 6.07) is -0.839. The Labute approximate surface area is 250 Å². The minimum absolute atomic E-state index is 0.0219. The number of nitrogens with zero attached hydrogens (tertiary/aromatic N) is 2. The number of hydrogen-bond acceptors (Lipinski definition) is 5. The van der Waals surface area contributed by atoms with E-state index in [0.29, 0.717) is 37.8 Å². The number of piperidine rings is 3. The maximum atomic E-state index is 16.4. The van der Waals surface area contributed by atoms with Crippen molar-refractivity contribution in [1.29, 1.82) is 0 Å². The molecule has 5 heterocycles. The smallest absolute Gasteiger partial charge is 0.319 e. The normalized spacial score (nSPS) is 43.4. The van der Waals surface area contributed by atoms with E-state index < -0.39 is 24.3 Å². The molecule has 0 radical (unpaired) electrons. The van der Waals surface area contributed by atoms with Crippen LogP contribution in [0.5, 0.6) is 0 Å². The molecule has 6 aliphatic rings. The summed E-state index contributed by atoms with van der Waals surface area (Å²) < 4.78 is 32.2. The number of amides is 3. The summed E-state index contributed by atoms with van der Waals surface area (Å²) >= 11 is 0. The van der Waals surface area contributed by atoms with E-state index in [2.05, 4.69) is 46.6 Å². The average molecular weight is 591 g/mol. The predicted molar refractivity (Wildman–Crippen MR) is 159 cm³/mol. The van der Waals surface area contributed by atoms with Crippen molar-refractivity contribution in [2.75, 3.05) is 26.2 Å². The number of carbonyl (C=O) groups is 2. The van der Waals surface area contributed by atoms with Crippen LogP contribution >= 0.6 is 0 Å². The highest BCUT2D eigenvalue weighted by atomic mass is 19.1. The molecule has 0 spiro atoms. The Morgan fingerprint density at radius 3 is 2.48 bits per heavy atom. The molecule has 42 heavy (non-hydrogen) atoms. The maximum absolute atomic E-state index is 16.4. The molecule has 10 heteroatoms. The SMILES string of the molecule is C=CC(=O)N1CCC(C2NC(=O)N3C4NC(C(F)CC24)C2C(F)CCCC2NCCCC2CCNC(C(C)C)C23)CC1. The molecule has 236 valence electrons. The lowest BCUT2D eigenvalue weighted by Gasteiger charge is -2.59. The van der Waals surface area contributed by atoms with Gasteiger partial charge in [-0.05, 0) is 94.7 Å². The summed E-state index contributed by atoms with van der Waals surface area (Å²) in [5.41, 5.74) is 0. The molecule has 11 unspecified atom stereocenters. The van der Waals surface area contributed by atoms with E-state index in [9.17, 15) is 9.59 Å². The number of nitrogens with one attached hydrogen (secondary N) is 4. The molecule has 4 N–H and O–H groups in total. The molecule has 5 saturated heterocycles. The molecule has 2 bridgehead atoms. The van der Waals surface area contributed by atoms with Gasteiger partial charge in [0.1, 0.15) is 12.3 Å². The van der Waals surface area contributed by atoms with Crippen LogP contribution < -0.4 is 21.3 Å². The van der Waals surface area contributed by atoms with Gasteiger partial charge < -0.3 is 25.8 Å². The molecule has 6 fully saturated rings. The van der Waals surface area contributed by atoms with Crippen LogP contribution in [0.4, 0.5) is 13.6 Å². The first-order chi connectivity index (χ1) is 20.3. The van der Waals surface area contributed by atoms with Crippen molar-refractivity contribution in [2.24, 2.45) is 29.6 Å². The van der Waals surface area contributed by atoms with Gasteiger partial charge in [-0.15, -0.1) is 0 Å². The first kappa shape index (κ1) is 30.3. The van der Waals surface area contributed by atoms with Crippen molar-refractivity contribution in [3.63, 3.8) is 0 Å². The van der Waals surface area contributed by atoms with Crippen molar-refractivity contribution in [2.45, 2.75) is 120 Å². The number of alkyl halides is 2. The summed E-state index contributed by atoms with van der Waals surface area (Å²) in [5, 5.41) is 14.5. The molecule has 8 nitrogen and oxygen atoms in total. The molecule has 3 amide bonds. The molecule has 1 saturated carbocycles. The van der Waals surface area contributed by atoms with Crippen molar-refractivity contribution in [3.8, 4) is 0 Å². The third-order valence-corrected chi connectivity index (χ3v) is 11.7. The molecular formula is C32H52F2N6O2. The van der Waals surface area contributed by atoms with Crippen LogP contribution in [-0.4, -0.2) is 96.6 Å². The molecule has 5 aliphatic heterocycles. The van der Waals surface area contributed by atoms with E-state index in [1.165, 1.54) is 6.08 Å². The van der Waals surface area contributed by atoms with Crippen molar-refractivity contribution >= 4 is 11.9 Å². The van der Waals surface area contributed by atoms with Gasteiger partial charge in [0.15, 0.2) is 0 Å². The minimum Gasteiger partial charge on any atom is -0.339 e. The minimum atomic E-state index is -1.19. The molecule has 1 aliphatic carbocycles. The van der Waals surface area contributed by atoms with Crippen LogP contribution in [-0.2, 0) is 4.79 Å². The van der Waals surface area contributed by atoms with Gasteiger partial charge in [-0.1, -0.05) is 20.4 Å². The highest BCUT2D eigenvalue weighted by molar-refractivity contribution is 5.87. The maximum Gasteiger partial charge on any atom is 0.319 e. The van der Waals surface area contributed by atoms with Gasteiger partial charge in [-0.2, -0.15) is 0 Å². The lowest BCUT2D eigenvalue weighted by atomic mass is 9.69. The number of halogens is 2. The predicted octanol–water partition coefficient (Wildman–Crippen LogP) is 3.34. The molecule has 6 rings (SSSR count). The van der Waals surface area contributed by atoms with E-state index >= 15 is 8.78 Å². The Hall–Kier alpha value is -1.78. The fourth-order valence-corrected chi connectivity index (χ4v) is 9.69. The number of fused-ring (bicyclic) bond motifs is 5. The number of likely N-dealkylation sites (tertiary alicyclic amines) is 1. The first-order valence-electron chi connectivity index (χ1n) is 16.8. The lowest BCUT2D eigenvalue weighted by molar-refractivity contribution is -0.128. The van der Waals surface area contributed by atoms with E-state index in [1.807, 2.05) is 4.90 Å². The Morgan fingerprint density at radius 1 is 0.952 bits per heavy atom. The van der Waals surface area contributed by atoms with Crippen molar-refractivity contribution in [3.05, 3.63) is 12.7 Å². The molecule has 0 aromatic rings. The topological polar surface area (TPSA) is 88.7 Å². The zero-order valence-electron chi connectivity index (χ0n) is 25.4. The van der Waals surface area contributed by atoms with Crippen LogP contribution in [0, 0.1) is 29.6 Å². The zero-order chi connectivity index (χ0) is 29.5. The third kappa shape index (κ3) is 5.60. The van der Waals surface area contributed by atoms with Gasteiger partial charge in [0.25, 0.3) is 0 Å². The zero-order valence-corrected chi connectivity index (χ0v) is 25.4. The van der Waals surface area contributed by atoms with E-state index in [1.54, 1.807) is 0 Å². The summed E-state index contributed by atoms with van der Waals surface area (Å²) in [7, 11) is 0. The number of rotatable bonds is 3. The van der Waals surface area contributed by atoms with Crippen LogP contribution in [0.2, 0.25) is 0 Å². The molecular weight excluding hydrogens is 538 g/mol. The van der Waals surface area contributed by atoms with Crippen molar-refractivity contribution < 1.29 is 18.4 Å². The Bertz CT molecular complexity index is 992. The fraction of sp³-hybridized carbons (Fsp3) is 0.875. The van der Waals surface area contributed by atoms with Crippen LogP contribution in [0.15, 0.2) is 12.7 Å². The summed E-state index contributed by atoms with van der Waals surface area (Å²) in [6.45, 7) is 11.0. The second-order valence-corrected chi connectivity index (χ2v) is 14.3. The lowest BCUT2D eigenvalue weighted by Crippen LogP contribution is -2.78. The summed E-state index contributed by atoms with van der Waals surface area (Å²) in [5.74, 6) is 0.174. The van der Waals surface area contributed by atoms with Gasteiger partial charge in [-0.3, -0.25) is 10.1 Å². The second kappa shape index (κ2) is 12.7. The van der Waals surface area contributed by atoms with Crippen molar-refractivity contribution in [1.82, 2.24) is 31.1 Å². The highest BCUT2D eigenvalue weighted by Gasteiger charge is 2.57. The van der Waals surface area contributed by atoms with Crippen LogP contribution in [0.3, 0.4) is 0 Å². The van der Waals surface area contributed by atoms with E-state index in [-0.39, 0.29) is 54.1 Å². The number of urea groups is 1. The molecule has 11 atom stereocenters. The molecule has 0 aromatic carbocycles. The van der Waals surface area contributed by atoms with Crippen LogP contribution in [0.25, 0.3) is 0 Å².